The Kier molecular flexibility index (Phi) is 5.07. The van der Waals surface area contributed by atoms with Gasteiger partial charge in [0.1, 0.15) is 5.82 Å². The molecular formula is C13H16ClF3N2. The number of nitrogens with zero attached hydrogens (tertiary/aromatic N) is 1. The van der Waals surface area contributed by atoms with Gasteiger partial charge in [0, 0.05) is 38.6 Å². The van der Waals surface area contributed by atoms with Crippen molar-refractivity contribution in [3.05, 3.63) is 34.6 Å². The highest BCUT2D eigenvalue weighted by Crippen LogP contribution is 2.30. The van der Waals surface area contributed by atoms with Gasteiger partial charge in [-0.3, -0.25) is 4.90 Å². The van der Waals surface area contributed by atoms with E-state index in [1.165, 1.54) is 18.2 Å². The highest BCUT2D eigenvalue weighted by Gasteiger charge is 2.25. The summed E-state index contributed by atoms with van der Waals surface area (Å²) in [5, 5.41) is 3.16. The third kappa shape index (κ3) is 3.84. The molecule has 1 fully saturated rings. The topological polar surface area (TPSA) is 15.3 Å². The van der Waals surface area contributed by atoms with Crippen molar-refractivity contribution in [3.8, 4) is 0 Å². The molecule has 1 aliphatic heterocycles. The predicted octanol–water partition coefficient (Wildman–Crippen LogP) is 3.08. The molecule has 1 saturated heterocycles. The van der Waals surface area contributed by atoms with Crippen LogP contribution >= 0.6 is 11.6 Å². The molecule has 1 heterocycles. The summed E-state index contributed by atoms with van der Waals surface area (Å²) in [7, 11) is 0. The Labute approximate surface area is 115 Å². The Balaban J connectivity index is 2.22. The molecule has 106 valence electrons. The molecule has 1 N–H and O–H groups in total. The fraction of sp³-hybridized carbons (Fsp3) is 0.538. The highest BCUT2D eigenvalue weighted by molar-refractivity contribution is 6.30. The number of halogens is 4. The average Bonchev–Trinajstić information content (AvgIpc) is 2.40. The van der Waals surface area contributed by atoms with E-state index in [9.17, 15) is 13.2 Å². The summed E-state index contributed by atoms with van der Waals surface area (Å²) in [4.78, 5) is 1.99. The van der Waals surface area contributed by atoms with Crippen molar-refractivity contribution in [2.45, 2.75) is 18.9 Å². The molecule has 0 unspecified atom stereocenters. The second-order valence-corrected chi connectivity index (χ2v) is 5.01. The third-order valence-corrected chi connectivity index (χ3v) is 3.61. The van der Waals surface area contributed by atoms with Crippen LogP contribution in [-0.4, -0.2) is 37.5 Å². The molecule has 0 radical (unpaired) electrons. The number of nitrogens with one attached hydrogen (secondary N) is 1. The number of hydrogen-bond donors (Lipinski definition) is 1. The van der Waals surface area contributed by atoms with Crippen molar-refractivity contribution < 1.29 is 13.2 Å². The van der Waals surface area contributed by atoms with Crippen LogP contribution in [0.1, 0.15) is 18.0 Å². The predicted molar refractivity (Wildman–Crippen MR) is 69.2 cm³/mol. The van der Waals surface area contributed by atoms with Gasteiger partial charge >= 0.3 is 0 Å². The molecule has 1 atom stereocenters. The minimum Gasteiger partial charge on any atom is -0.314 e. The van der Waals surface area contributed by atoms with Gasteiger partial charge in [0.05, 0.1) is 5.02 Å². The zero-order chi connectivity index (χ0) is 13.8. The molecule has 1 aromatic rings. The maximum absolute atomic E-state index is 13.2. The quantitative estimate of drug-likeness (QED) is 0.917. The maximum Gasteiger partial charge on any atom is 0.240 e. The second-order valence-electron chi connectivity index (χ2n) is 4.60. The van der Waals surface area contributed by atoms with E-state index < -0.39 is 18.3 Å². The molecule has 0 amide bonds. The molecule has 0 aliphatic carbocycles. The Bertz CT molecular complexity index is 422. The number of benzene rings is 1. The fourth-order valence-electron chi connectivity index (χ4n) is 2.38. The van der Waals surface area contributed by atoms with Crippen molar-refractivity contribution in [2.24, 2.45) is 0 Å². The first kappa shape index (κ1) is 14.6. The lowest BCUT2D eigenvalue weighted by atomic mass is 10.0. The minimum atomic E-state index is -2.40. The third-order valence-electron chi connectivity index (χ3n) is 3.32. The summed E-state index contributed by atoms with van der Waals surface area (Å²) in [6, 6.07) is 3.81. The van der Waals surface area contributed by atoms with Crippen LogP contribution in [0.5, 0.6) is 0 Å². The molecule has 0 saturated carbocycles. The van der Waals surface area contributed by atoms with Crippen LogP contribution in [-0.2, 0) is 0 Å². The summed E-state index contributed by atoms with van der Waals surface area (Å²) >= 11 is 5.74. The van der Waals surface area contributed by atoms with Crippen molar-refractivity contribution in [1.29, 1.82) is 0 Å². The van der Waals surface area contributed by atoms with E-state index in [0.717, 1.165) is 13.1 Å². The van der Waals surface area contributed by atoms with Crippen LogP contribution in [0.15, 0.2) is 18.2 Å². The van der Waals surface area contributed by atoms with Gasteiger partial charge in [-0.15, -0.1) is 0 Å². The van der Waals surface area contributed by atoms with E-state index in [4.69, 9.17) is 11.6 Å². The number of rotatable bonds is 4. The van der Waals surface area contributed by atoms with Crippen molar-refractivity contribution in [2.75, 3.05) is 26.2 Å². The number of alkyl halides is 2. The lowest BCUT2D eigenvalue weighted by Crippen LogP contribution is -2.45. The number of piperazine rings is 1. The van der Waals surface area contributed by atoms with Gasteiger partial charge in [-0.25, -0.2) is 13.2 Å². The molecule has 0 spiro atoms. The Morgan fingerprint density at radius 1 is 1.26 bits per heavy atom. The molecule has 2 nitrogen and oxygen atoms in total. The van der Waals surface area contributed by atoms with Crippen LogP contribution in [0.25, 0.3) is 0 Å². The molecule has 19 heavy (non-hydrogen) atoms. The summed E-state index contributed by atoms with van der Waals surface area (Å²) in [5.41, 5.74) is 0.647. The standard InChI is InChI=1S/C13H16ClF3N2/c14-10-7-9(1-2-11(10)15)12(8-13(16)17)19-5-3-18-4-6-19/h1-2,7,12-13,18H,3-6,8H2/t12-/m0/s1. The molecule has 0 aromatic heterocycles. The first-order valence-electron chi connectivity index (χ1n) is 6.26. The largest absolute Gasteiger partial charge is 0.314 e. The fourth-order valence-corrected chi connectivity index (χ4v) is 2.57. The van der Waals surface area contributed by atoms with Gasteiger partial charge < -0.3 is 5.32 Å². The van der Waals surface area contributed by atoms with Gasteiger partial charge in [-0.1, -0.05) is 17.7 Å². The van der Waals surface area contributed by atoms with E-state index >= 15 is 0 Å². The van der Waals surface area contributed by atoms with Crippen LogP contribution in [0.4, 0.5) is 13.2 Å². The zero-order valence-electron chi connectivity index (χ0n) is 10.4. The Morgan fingerprint density at radius 3 is 2.53 bits per heavy atom. The van der Waals surface area contributed by atoms with Crippen molar-refractivity contribution in [1.82, 2.24) is 10.2 Å². The average molecular weight is 293 g/mol. The molecule has 2 rings (SSSR count). The van der Waals surface area contributed by atoms with E-state index in [-0.39, 0.29) is 11.4 Å². The van der Waals surface area contributed by atoms with Gasteiger partial charge in [-0.05, 0) is 17.7 Å². The zero-order valence-corrected chi connectivity index (χ0v) is 11.1. The molecule has 6 heteroatoms. The smallest absolute Gasteiger partial charge is 0.240 e. The van der Waals surface area contributed by atoms with E-state index in [1.807, 2.05) is 4.90 Å². The highest BCUT2D eigenvalue weighted by atomic mass is 35.5. The Morgan fingerprint density at radius 2 is 1.95 bits per heavy atom. The minimum absolute atomic E-state index is 0.0214. The SMILES string of the molecule is Fc1ccc([C@H](CC(F)F)N2CCNCC2)cc1Cl. The normalized spacial score (nSPS) is 18.8. The first-order chi connectivity index (χ1) is 9.08. The summed E-state index contributed by atoms with van der Waals surface area (Å²) in [6.45, 7) is 2.95. The first-order valence-corrected chi connectivity index (χ1v) is 6.63. The van der Waals surface area contributed by atoms with Crippen molar-refractivity contribution >= 4 is 11.6 Å². The summed E-state index contributed by atoms with van der Waals surface area (Å²) in [5.74, 6) is -0.526. The van der Waals surface area contributed by atoms with Crippen LogP contribution in [0.3, 0.4) is 0 Å². The monoisotopic (exact) mass is 292 g/mol. The van der Waals surface area contributed by atoms with Crippen molar-refractivity contribution in [3.63, 3.8) is 0 Å². The molecule has 1 aliphatic rings. The van der Waals surface area contributed by atoms with Gasteiger partial charge in [0.15, 0.2) is 0 Å². The van der Waals surface area contributed by atoms with E-state index in [1.54, 1.807) is 0 Å². The van der Waals surface area contributed by atoms with Crippen LogP contribution in [0, 0.1) is 5.82 Å². The Hall–Kier alpha value is -0.780. The van der Waals surface area contributed by atoms with Crippen LogP contribution < -0.4 is 5.32 Å². The second kappa shape index (κ2) is 6.59. The molecule has 0 bridgehead atoms. The van der Waals surface area contributed by atoms with E-state index in [2.05, 4.69) is 5.32 Å². The lowest BCUT2D eigenvalue weighted by Gasteiger charge is -2.35. The van der Waals surface area contributed by atoms with Gasteiger partial charge in [0.25, 0.3) is 0 Å². The lowest BCUT2D eigenvalue weighted by molar-refractivity contribution is 0.0739. The summed E-state index contributed by atoms with van der Waals surface area (Å²) in [6.07, 6.45) is -2.66. The molecule has 1 aromatic carbocycles. The summed E-state index contributed by atoms with van der Waals surface area (Å²) < 4.78 is 38.7. The van der Waals surface area contributed by atoms with Crippen LogP contribution in [0.2, 0.25) is 5.02 Å². The van der Waals surface area contributed by atoms with Gasteiger partial charge in [0.2, 0.25) is 6.43 Å². The molecular weight excluding hydrogens is 277 g/mol. The maximum atomic E-state index is 13.2. The van der Waals surface area contributed by atoms with Gasteiger partial charge in [-0.2, -0.15) is 0 Å². The van der Waals surface area contributed by atoms with E-state index in [0.29, 0.717) is 18.7 Å². The number of hydrogen-bond acceptors (Lipinski definition) is 2.